The minimum absolute atomic E-state index is 0.00478. The molecule has 26 heavy (non-hydrogen) atoms. The number of anilines is 3. The number of benzene rings is 1. The van der Waals surface area contributed by atoms with E-state index in [9.17, 15) is 8.78 Å². The Morgan fingerprint density at radius 1 is 1.04 bits per heavy atom. The van der Waals surface area contributed by atoms with Crippen molar-refractivity contribution >= 4 is 17.5 Å². The fourth-order valence-electron chi connectivity index (χ4n) is 2.28. The second-order valence-corrected chi connectivity index (χ2v) is 5.86. The van der Waals surface area contributed by atoms with Crippen LogP contribution in [0.2, 0.25) is 0 Å². The van der Waals surface area contributed by atoms with E-state index in [2.05, 4.69) is 25.6 Å². The summed E-state index contributed by atoms with van der Waals surface area (Å²) in [4.78, 5) is 13.1. The molecule has 0 aliphatic heterocycles. The third-order valence-electron chi connectivity index (χ3n) is 3.86. The molecule has 3 rings (SSSR count). The van der Waals surface area contributed by atoms with Gasteiger partial charge in [-0.25, -0.2) is 13.8 Å². The van der Waals surface area contributed by atoms with Crippen molar-refractivity contribution in [3.8, 4) is 11.4 Å². The highest BCUT2D eigenvalue weighted by Gasteiger charge is 2.12. The lowest BCUT2D eigenvalue weighted by Gasteiger charge is -2.14. The van der Waals surface area contributed by atoms with Crippen LogP contribution in [-0.2, 0) is 0 Å². The van der Waals surface area contributed by atoms with Crippen molar-refractivity contribution in [3.63, 3.8) is 0 Å². The van der Waals surface area contributed by atoms with Crippen LogP contribution in [0.1, 0.15) is 20.3 Å². The van der Waals surface area contributed by atoms with E-state index in [4.69, 9.17) is 0 Å². The van der Waals surface area contributed by atoms with E-state index in [1.807, 2.05) is 32.0 Å². The van der Waals surface area contributed by atoms with Gasteiger partial charge in [-0.1, -0.05) is 19.1 Å². The van der Waals surface area contributed by atoms with Gasteiger partial charge in [0.2, 0.25) is 5.95 Å². The average Bonchev–Trinajstić information content (AvgIpc) is 2.66. The monoisotopic (exact) mass is 355 g/mol. The van der Waals surface area contributed by atoms with Crippen molar-refractivity contribution in [2.45, 2.75) is 26.3 Å². The van der Waals surface area contributed by atoms with E-state index in [-0.39, 0.29) is 11.7 Å². The number of nitrogens with one attached hydrogen (secondary N) is 2. The van der Waals surface area contributed by atoms with Crippen molar-refractivity contribution in [2.24, 2.45) is 0 Å². The first-order chi connectivity index (χ1) is 12.6. The van der Waals surface area contributed by atoms with Crippen LogP contribution in [0, 0.1) is 11.6 Å². The van der Waals surface area contributed by atoms with Crippen molar-refractivity contribution in [1.82, 2.24) is 15.0 Å². The van der Waals surface area contributed by atoms with Crippen molar-refractivity contribution in [3.05, 3.63) is 60.3 Å². The lowest BCUT2D eigenvalue weighted by molar-refractivity contribution is 0.511. The van der Waals surface area contributed by atoms with E-state index >= 15 is 0 Å². The van der Waals surface area contributed by atoms with E-state index in [1.54, 1.807) is 12.3 Å². The molecule has 2 heterocycles. The van der Waals surface area contributed by atoms with Crippen LogP contribution in [0.15, 0.2) is 48.7 Å². The second kappa shape index (κ2) is 7.86. The molecule has 0 aliphatic carbocycles. The number of pyridine rings is 1. The summed E-state index contributed by atoms with van der Waals surface area (Å²) in [5.41, 5.74) is 1.24. The predicted molar refractivity (Wildman–Crippen MR) is 98.3 cm³/mol. The Kier molecular flexibility index (Phi) is 5.36. The third kappa shape index (κ3) is 4.11. The molecular formula is C19H19F2N5. The lowest BCUT2D eigenvalue weighted by atomic mass is 10.2. The third-order valence-corrected chi connectivity index (χ3v) is 3.86. The molecule has 0 amide bonds. The second-order valence-electron chi connectivity index (χ2n) is 5.86. The van der Waals surface area contributed by atoms with Crippen LogP contribution in [0.4, 0.5) is 26.2 Å². The maximum absolute atomic E-state index is 14.0. The van der Waals surface area contributed by atoms with E-state index in [0.717, 1.165) is 12.5 Å². The molecule has 1 atom stereocenters. The molecule has 3 aromatic rings. The summed E-state index contributed by atoms with van der Waals surface area (Å²) in [6.07, 6.45) is 2.55. The minimum Gasteiger partial charge on any atom is -0.352 e. The Bertz CT molecular complexity index is 886. The van der Waals surface area contributed by atoms with E-state index < -0.39 is 11.6 Å². The zero-order valence-electron chi connectivity index (χ0n) is 14.5. The van der Waals surface area contributed by atoms with Gasteiger partial charge in [-0.05, 0) is 37.6 Å². The summed E-state index contributed by atoms with van der Waals surface area (Å²) in [5.74, 6) is -1.15. The van der Waals surface area contributed by atoms with Gasteiger partial charge in [0, 0.05) is 18.3 Å². The Balaban J connectivity index is 2.00. The molecule has 5 nitrogen and oxygen atoms in total. The number of hydrogen-bond donors (Lipinski definition) is 2. The van der Waals surface area contributed by atoms with Gasteiger partial charge in [-0.2, -0.15) is 4.98 Å². The summed E-state index contributed by atoms with van der Waals surface area (Å²) in [5, 5.41) is 6.02. The molecule has 2 N–H and O–H groups in total. The number of hydrogen-bond acceptors (Lipinski definition) is 5. The lowest BCUT2D eigenvalue weighted by Crippen LogP contribution is -2.16. The fraction of sp³-hybridized carbons (Fsp3) is 0.211. The zero-order valence-corrected chi connectivity index (χ0v) is 14.5. The Labute approximate surface area is 150 Å². The maximum Gasteiger partial charge on any atom is 0.225 e. The van der Waals surface area contributed by atoms with Gasteiger partial charge >= 0.3 is 0 Å². The van der Waals surface area contributed by atoms with Gasteiger partial charge in [-0.3, -0.25) is 4.98 Å². The van der Waals surface area contributed by atoms with Crippen molar-refractivity contribution in [1.29, 1.82) is 0 Å². The van der Waals surface area contributed by atoms with Gasteiger partial charge in [0.1, 0.15) is 5.82 Å². The number of rotatable bonds is 6. The molecule has 0 spiro atoms. The van der Waals surface area contributed by atoms with Gasteiger partial charge in [-0.15, -0.1) is 0 Å². The molecule has 134 valence electrons. The molecule has 0 unspecified atom stereocenters. The SMILES string of the molecule is CC[C@H](C)Nc1nc(Nc2cccc(F)c2F)cc(-c2ccccn2)n1. The molecule has 0 radical (unpaired) electrons. The zero-order chi connectivity index (χ0) is 18.5. The Hall–Kier alpha value is -3.09. The van der Waals surface area contributed by atoms with Crippen LogP contribution >= 0.6 is 0 Å². The molecule has 1 aromatic carbocycles. The normalized spacial score (nSPS) is 11.8. The number of nitrogens with zero attached hydrogens (tertiary/aromatic N) is 3. The highest BCUT2D eigenvalue weighted by atomic mass is 19.2. The molecule has 0 saturated heterocycles. The van der Waals surface area contributed by atoms with Gasteiger partial charge in [0.15, 0.2) is 11.6 Å². The largest absolute Gasteiger partial charge is 0.352 e. The van der Waals surface area contributed by atoms with Crippen LogP contribution in [0.5, 0.6) is 0 Å². The molecule has 2 aromatic heterocycles. The summed E-state index contributed by atoms with van der Waals surface area (Å²) in [7, 11) is 0. The van der Waals surface area contributed by atoms with Crippen LogP contribution in [0.25, 0.3) is 11.4 Å². The average molecular weight is 355 g/mol. The smallest absolute Gasteiger partial charge is 0.225 e. The van der Waals surface area contributed by atoms with Crippen LogP contribution in [0.3, 0.4) is 0 Å². The summed E-state index contributed by atoms with van der Waals surface area (Å²) in [6, 6.07) is 11.2. The number of aromatic nitrogens is 3. The summed E-state index contributed by atoms with van der Waals surface area (Å²) < 4.78 is 27.4. The fourth-order valence-corrected chi connectivity index (χ4v) is 2.28. The summed E-state index contributed by atoms with van der Waals surface area (Å²) >= 11 is 0. The Morgan fingerprint density at radius 2 is 1.88 bits per heavy atom. The molecule has 0 bridgehead atoms. The first-order valence-electron chi connectivity index (χ1n) is 8.35. The highest BCUT2D eigenvalue weighted by molar-refractivity contribution is 5.65. The first kappa shape index (κ1) is 17.7. The molecular weight excluding hydrogens is 336 g/mol. The standard InChI is InChI=1S/C19H19F2N5/c1-3-12(2)23-19-25-16(14-8-4-5-10-22-14)11-17(26-19)24-15-9-6-7-13(20)18(15)21/h4-12H,3H2,1-2H3,(H2,23,24,25,26)/t12-/m0/s1. The molecule has 7 heteroatoms. The summed E-state index contributed by atoms with van der Waals surface area (Å²) in [6.45, 7) is 4.05. The van der Waals surface area contributed by atoms with Gasteiger partial charge < -0.3 is 10.6 Å². The minimum atomic E-state index is -0.957. The molecule has 0 saturated carbocycles. The quantitative estimate of drug-likeness (QED) is 0.667. The van der Waals surface area contributed by atoms with E-state index in [1.165, 1.54) is 12.1 Å². The Morgan fingerprint density at radius 3 is 2.62 bits per heavy atom. The first-order valence-corrected chi connectivity index (χ1v) is 8.35. The highest BCUT2D eigenvalue weighted by Crippen LogP contribution is 2.25. The predicted octanol–water partition coefficient (Wildman–Crippen LogP) is 4.77. The van der Waals surface area contributed by atoms with Gasteiger partial charge in [0.25, 0.3) is 0 Å². The maximum atomic E-state index is 14.0. The number of halogens is 2. The topological polar surface area (TPSA) is 62.7 Å². The van der Waals surface area contributed by atoms with Gasteiger partial charge in [0.05, 0.1) is 17.1 Å². The molecule has 0 aliphatic rings. The van der Waals surface area contributed by atoms with Crippen LogP contribution in [-0.4, -0.2) is 21.0 Å². The van der Waals surface area contributed by atoms with Crippen LogP contribution < -0.4 is 10.6 Å². The van der Waals surface area contributed by atoms with E-state index in [0.29, 0.717) is 23.2 Å². The van der Waals surface area contributed by atoms with Crippen molar-refractivity contribution in [2.75, 3.05) is 10.6 Å². The molecule has 0 fully saturated rings. The van der Waals surface area contributed by atoms with Crippen molar-refractivity contribution < 1.29 is 8.78 Å².